The molecule has 0 aliphatic heterocycles. The van der Waals surface area contributed by atoms with E-state index in [1.807, 2.05) is 30.3 Å². The topological polar surface area (TPSA) is 98.0 Å². The lowest BCUT2D eigenvalue weighted by Gasteiger charge is -2.13. The first-order valence-corrected chi connectivity index (χ1v) is 11.1. The van der Waals surface area contributed by atoms with Crippen LogP contribution in [0, 0.1) is 10.1 Å². The number of anilines is 2. The molecular weight excluding hydrogens is 464 g/mol. The maximum absolute atomic E-state index is 13.3. The van der Waals surface area contributed by atoms with Gasteiger partial charge in [-0.05, 0) is 24.3 Å². The van der Waals surface area contributed by atoms with Crippen LogP contribution in [0.2, 0.25) is 5.02 Å². The predicted molar refractivity (Wildman–Crippen MR) is 136 cm³/mol. The van der Waals surface area contributed by atoms with Gasteiger partial charge in [-0.25, -0.2) is 9.97 Å². The number of aromatic nitrogens is 2. The lowest BCUT2D eigenvalue weighted by atomic mass is 10.0. The first kappa shape index (κ1) is 22.2. The van der Waals surface area contributed by atoms with Gasteiger partial charge in [-0.15, -0.1) is 0 Å². The van der Waals surface area contributed by atoms with E-state index in [2.05, 4.69) is 10.3 Å². The molecule has 4 aromatic carbocycles. The van der Waals surface area contributed by atoms with Crippen LogP contribution in [0.25, 0.3) is 22.2 Å². The van der Waals surface area contributed by atoms with E-state index in [1.165, 1.54) is 18.2 Å². The second-order valence-electron chi connectivity index (χ2n) is 7.73. The average Bonchev–Trinajstić information content (AvgIpc) is 2.89. The van der Waals surface area contributed by atoms with Crippen molar-refractivity contribution in [2.24, 2.45) is 0 Å². The second-order valence-corrected chi connectivity index (χ2v) is 8.17. The number of nitro benzene ring substituents is 1. The number of fused-ring (bicyclic) bond motifs is 1. The van der Waals surface area contributed by atoms with Gasteiger partial charge < -0.3 is 5.32 Å². The van der Waals surface area contributed by atoms with E-state index < -0.39 is 4.92 Å². The average molecular weight is 481 g/mol. The standard InChI is InChI=1S/C27H17ClN4O3/c28-19-11-13-23-21(15-19)25(17-7-3-1-4-8-17)31-27(29-23)30-24-14-12-20(32(34)35)16-22(24)26(33)18-9-5-2-6-10-18/h1-16H,(H,29,30,31). The van der Waals surface area contributed by atoms with Crippen LogP contribution < -0.4 is 5.32 Å². The highest BCUT2D eigenvalue weighted by Gasteiger charge is 2.20. The van der Waals surface area contributed by atoms with Crippen molar-refractivity contribution in [2.45, 2.75) is 0 Å². The second kappa shape index (κ2) is 9.32. The largest absolute Gasteiger partial charge is 0.323 e. The van der Waals surface area contributed by atoms with E-state index in [9.17, 15) is 14.9 Å². The Hall–Kier alpha value is -4.62. The third kappa shape index (κ3) is 4.58. The fraction of sp³-hybridized carbons (Fsp3) is 0. The molecule has 0 bridgehead atoms. The van der Waals surface area contributed by atoms with Crippen LogP contribution in [-0.4, -0.2) is 20.7 Å². The van der Waals surface area contributed by atoms with E-state index in [4.69, 9.17) is 16.6 Å². The van der Waals surface area contributed by atoms with Crippen molar-refractivity contribution in [1.82, 2.24) is 9.97 Å². The number of halogens is 1. The molecule has 35 heavy (non-hydrogen) atoms. The smallest absolute Gasteiger partial charge is 0.270 e. The Morgan fingerprint density at radius 1 is 0.857 bits per heavy atom. The van der Waals surface area contributed by atoms with Gasteiger partial charge in [0, 0.05) is 33.7 Å². The summed E-state index contributed by atoms with van der Waals surface area (Å²) in [5.41, 5.74) is 2.92. The number of nitro groups is 1. The van der Waals surface area contributed by atoms with Crippen molar-refractivity contribution >= 4 is 45.6 Å². The highest BCUT2D eigenvalue weighted by molar-refractivity contribution is 6.31. The SMILES string of the molecule is O=C(c1ccccc1)c1cc([N+](=O)[O-])ccc1Nc1nc(-c2ccccc2)c2cc(Cl)ccc2n1. The number of nitrogens with zero attached hydrogens (tertiary/aromatic N) is 3. The van der Waals surface area contributed by atoms with Crippen LogP contribution in [0.4, 0.5) is 17.3 Å². The molecule has 5 aromatic rings. The summed E-state index contributed by atoms with van der Waals surface area (Å²) in [6.45, 7) is 0. The van der Waals surface area contributed by atoms with Crippen LogP contribution in [0.5, 0.6) is 0 Å². The summed E-state index contributed by atoms with van der Waals surface area (Å²) in [6, 6.07) is 27.6. The Morgan fingerprint density at radius 2 is 1.57 bits per heavy atom. The van der Waals surface area contributed by atoms with E-state index in [-0.39, 0.29) is 23.0 Å². The molecule has 0 atom stereocenters. The van der Waals surface area contributed by atoms with Crippen LogP contribution in [0.1, 0.15) is 15.9 Å². The van der Waals surface area contributed by atoms with Gasteiger partial charge in [0.1, 0.15) is 0 Å². The fourth-order valence-electron chi connectivity index (χ4n) is 3.78. The first-order valence-electron chi connectivity index (χ1n) is 10.7. The van der Waals surface area contributed by atoms with Crippen molar-refractivity contribution in [3.05, 3.63) is 123 Å². The molecule has 0 unspecified atom stereocenters. The van der Waals surface area contributed by atoms with Crippen molar-refractivity contribution in [3.63, 3.8) is 0 Å². The van der Waals surface area contributed by atoms with Crippen LogP contribution in [0.15, 0.2) is 97.1 Å². The summed E-state index contributed by atoms with van der Waals surface area (Å²) in [5, 5.41) is 15.8. The molecule has 1 N–H and O–H groups in total. The monoisotopic (exact) mass is 480 g/mol. The molecule has 0 fully saturated rings. The molecule has 0 saturated carbocycles. The summed E-state index contributed by atoms with van der Waals surface area (Å²) in [7, 11) is 0. The number of nitrogens with one attached hydrogen (secondary N) is 1. The zero-order valence-electron chi connectivity index (χ0n) is 18.2. The molecule has 1 heterocycles. The summed E-state index contributed by atoms with van der Waals surface area (Å²) in [6.07, 6.45) is 0. The van der Waals surface area contributed by atoms with Crippen LogP contribution in [-0.2, 0) is 0 Å². The van der Waals surface area contributed by atoms with Gasteiger partial charge in [-0.2, -0.15) is 0 Å². The number of benzene rings is 4. The number of hydrogen-bond donors (Lipinski definition) is 1. The minimum Gasteiger partial charge on any atom is -0.323 e. The Kier molecular flexibility index (Phi) is 5.91. The molecule has 0 saturated heterocycles. The van der Waals surface area contributed by atoms with Crippen molar-refractivity contribution in [2.75, 3.05) is 5.32 Å². The highest BCUT2D eigenvalue weighted by Crippen LogP contribution is 2.32. The maximum atomic E-state index is 13.3. The molecule has 0 spiro atoms. The van der Waals surface area contributed by atoms with Gasteiger partial charge in [0.15, 0.2) is 5.78 Å². The summed E-state index contributed by atoms with van der Waals surface area (Å²) in [4.78, 5) is 33.4. The Labute approximate surface area is 205 Å². The van der Waals surface area contributed by atoms with Gasteiger partial charge in [0.25, 0.3) is 5.69 Å². The van der Waals surface area contributed by atoms with E-state index in [0.717, 1.165) is 10.9 Å². The van der Waals surface area contributed by atoms with Gasteiger partial charge in [-0.1, -0.05) is 72.3 Å². The number of ketones is 1. The van der Waals surface area contributed by atoms with Gasteiger partial charge in [0.2, 0.25) is 5.95 Å². The quantitative estimate of drug-likeness (QED) is 0.162. The number of rotatable bonds is 6. The number of hydrogen-bond acceptors (Lipinski definition) is 6. The normalized spacial score (nSPS) is 10.8. The molecule has 170 valence electrons. The zero-order valence-corrected chi connectivity index (χ0v) is 18.9. The number of carbonyl (C=O) groups is 1. The van der Waals surface area contributed by atoms with Crippen molar-refractivity contribution < 1.29 is 9.72 Å². The molecule has 7 nitrogen and oxygen atoms in total. The zero-order chi connectivity index (χ0) is 24.4. The third-order valence-electron chi connectivity index (χ3n) is 5.45. The number of carbonyl (C=O) groups excluding carboxylic acids is 1. The fourth-order valence-corrected chi connectivity index (χ4v) is 3.95. The molecule has 5 rings (SSSR count). The maximum Gasteiger partial charge on any atom is 0.270 e. The Balaban J connectivity index is 1.64. The van der Waals surface area contributed by atoms with Gasteiger partial charge in [0.05, 0.1) is 27.4 Å². The van der Waals surface area contributed by atoms with E-state index in [0.29, 0.717) is 27.5 Å². The lowest BCUT2D eigenvalue weighted by molar-refractivity contribution is -0.384. The molecule has 8 heteroatoms. The molecule has 0 aliphatic rings. The molecular formula is C27H17ClN4O3. The Bertz CT molecular complexity index is 1570. The van der Waals surface area contributed by atoms with Crippen LogP contribution >= 0.6 is 11.6 Å². The van der Waals surface area contributed by atoms with Crippen molar-refractivity contribution in [1.29, 1.82) is 0 Å². The predicted octanol–water partition coefficient (Wildman–Crippen LogP) is 6.83. The van der Waals surface area contributed by atoms with Gasteiger partial charge in [-0.3, -0.25) is 14.9 Å². The van der Waals surface area contributed by atoms with Gasteiger partial charge >= 0.3 is 0 Å². The van der Waals surface area contributed by atoms with Crippen molar-refractivity contribution in [3.8, 4) is 11.3 Å². The summed E-state index contributed by atoms with van der Waals surface area (Å²) >= 11 is 6.24. The summed E-state index contributed by atoms with van der Waals surface area (Å²) in [5.74, 6) is -0.109. The third-order valence-corrected chi connectivity index (χ3v) is 5.68. The van der Waals surface area contributed by atoms with E-state index >= 15 is 0 Å². The lowest BCUT2D eigenvalue weighted by Crippen LogP contribution is -2.08. The minimum absolute atomic E-state index is 0.145. The summed E-state index contributed by atoms with van der Waals surface area (Å²) < 4.78 is 0. The first-order chi connectivity index (χ1) is 17.0. The molecule has 0 aliphatic carbocycles. The molecule has 0 amide bonds. The highest BCUT2D eigenvalue weighted by atomic mass is 35.5. The molecule has 0 radical (unpaired) electrons. The van der Waals surface area contributed by atoms with E-state index in [1.54, 1.807) is 48.5 Å². The Morgan fingerprint density at radius 3 is 2.29 bits per heavy atom. The number of non-ortho nitro benzene ring substituents is 1. The molecule has 1 aromatic heterocycles. The minimum atomic E-state index is -0.532. The van der Waals surface area contributed by atoms with Crippen LogP contribution in [0.3, 0.4) is 0 Å².